The molecule has 0 heterocycles. The first-order valence-electron chi connectivity index (χ1n) is 4.08. The van der Waals surface area contributed by atoms with E-state index in [0.29, 0.717) is 11.6 Å². The molecule has 2 aromatic carbocycles. The van der Waals surface area contributed by atoms with Crippen molar-refractivity contribution in [3.63, 3.8) is 0 Å². The third-order valence-electron chi connectivity index (χ3n) is 2.11. The molecule has 0 aliphatic carbocycles. The molecule has 0 amide bonds. The molecule has 2 aromatic rings. The fraction of sp³-hybridized carbons (Fsp3) is 0.0909. The van der Waals surface area contributed by atoms with Crippen molar-refractivity contribution in [3.05, 3.63) is 42.0 Å². The van der Waals surface area contributed by atoms with Crippen LogP contribution in [0.5, 0.6) is 5.75 Å². The monoisotopic (exact) mass is 192 g/mol. The Bertz CT molecular complexity index is 432. The molecule has 0 aromatic heterocycles. The van der Waals surface area contributed by atoms with Crippen LogP contribution < -0.4 is 0 Å². The molecule has 13 heavy (non-hydrogen) atoms. The van der Waals surface area contributed by atoms with E-state index < -0.39 is 0 Å². The van der Waals surface area contributed by atoms with E-state index in [1.54, 1.807) is 6.07 Å². The number of fused-ring (bicyclic) bond motifs is 1. The van der Waals surface area contributed by atoms with Crippen LogP contribution in [0.15, 0.2) is 36.4 Å². The molecule has 0 aliphatic rings. The Morgan fingerprint density at radius 1 is 1.08 bits per heavy atom. The van der Waals surface area contributed by atoms with Gasteiger partial charge in [0.05, 0.1) is 0 Å². The number of hydrogen-bond acceptors (Lipinski definition) is 1. The second-order valence-electron chi connectivity index (χ2n) is 2.93. The van der Waals surface area contributed by atoms with Crippen molar-refractivity contribution in [2.45, 2.75) is 5.88 Å². The first-order valence-corrected chi connectivity index (χ1v) is 4.62. The SMILES string of the molecule is Oc1cccc2cccc(CCl)c12. The van der Waals surface area contributed by atoms with Gasteiger partial charge < -0.3 is 5.11 Å². The number of hydrogen-bond donors (Lipinski definition) is 1. The van der Waals surface area contributed by atoms with Gasteiger partial charge in [0.25, 0.3) is 0 Å². The molecule has 0 atom stereocenters. The summed E-state index contributed by atoms with van der Waals surface area (Å²) >= 11 is 5.77. The van der Waals surface area contributed by atoms with Crippen LogP contribution in [0.2, 0.25) is 0 Å². The summed E-state index contributed by atoms with van der Waals surface area (Å²) in [6.07, 6.45) is 0. The summed E-state index contributed by atoms with van der Waals surface area (Å²) in [5.41, 5.74) is 0.970. The zero-order chi connectivity index (χ0) is 9.26. The van der Waals surface area contributed by atoms with Crippen LogP contribution in [0.4, 0.5) is 0 Å². The number of alkyl halides is 1. The Morgan fingerprint density at radius 2 is 1.77 bits per heavy atom. The van der Waals surface area contributed by atoms with E-state index in [1.807, 2.05) is 30.3 Å². The van der Waals surface area contributed by atoms with Crippen molar-refractivity contribution in [1.82, 2.24) is 0 Å². The number of phenolic OH excluding ortho intramolecular Hbond substituents is 1. The highest BCUT2D eigenvalue weighted by molar-refractivity contribution is 6.18. The van der Waals surface area contributed by atoms with E-state index in [4.69, 9.17) is 11.6 Å². The summed E-state index contributed by atoms with van der Waals surface area (Å²) in [6, 6.07) is 11.3. The quantitative estimate of drug-likeness (QED) is 0.688. The zero-order valence-corrected chi connectivity index (χ0v) is 7.75. The largest absolute Gasteiger partial charge is 0.507 e. The van der Waals surface area contributed by atoms with Crippen LogP contribution >= 0.6 is 11.6 Å². The highest BCUT2D eigenvalue weighted by Gasteiger charge is 2.03. The predicted molar refractivity (Wildman–Crippen MR) is 55.2 cm³/mol. The molecular formula is C11H9ClO. The summed E-state index contributed by atoms with van der Waals surface area (Å²) in [5, 5.41) is 11.5. The van der Waals surface area contributed by atoms with Gasteiger partial charge in [-0.2, -0.15) is 0 Å². The number of aromatic hydroxyl groups is 1. The second-order valence-corrected chi connectivity index (χ2v) is 3.19. The van der Waals surface area contributed by atoms with Gasteiger partial charge in [-0.15, -0.1) is 11.6 Å². The molecule has 0 fully saturated rings. The van der Waals surface area contributed by atoms with Gasteiger partial charge in [0.15, 0.2) is 0 Å². The van der Waals surface area contributed by atoms with Gasteiger partial charge in [-0.05, 0) is 17.0 Å². The molecule has 0 saturated heterocycles. The van der Waals surface area contributed by atoms with Crippen molar-refractivity contribution in [1.29, 1.82) is 0 Å². The molecule has 2 heteroatoms. The van der Waals surface area contributed by atoms with Crippen LogP contribution in [-0.4, -0.2) is 5.11 Å². The van der Waals surface area contributed by atoms with Crippen LogP contribution in [0.25, 0.3) is 10.8 Å². The van der Waals surface area contributed by atoms with Gasteiger partial charge in [-0.3, -0.25) is 0 Å². The maximum atomic E-state index is 9.62. The molecule has 0 spiro atoms. The third kappa shape index (κ3) is 1.36. The van der Waals surface area contributed by atoms with Crippen molar-refractivity contribution < 1.29 is 5.11 Å². The molecule has 1 nitrogen and oxygen atoms in total. The smallest absolute Gasteiger partial charge is 0.123 e. The van der Waals surface area contributed by atoms with Crippen molar-refractivity contribution in [2.24, 2.45) is 0 Å². The van der Waals surface area contributed by atoms with E-state index in [1.165, 1.54) is 0 Å². The fourth-order valence-corrected chi connectivity index (χ4v) is 1.73. The summed E-state index contributed by atoms with van der Waals surface area (Å²) in [4.78, 5) is 0. The average molecular weight is 193 g/mol. The minimum absolute atomic E-state index is 0.300. The first kappa shape index (κ1) is 8.39. The maximum Gasteiger partial charge on any atom is 0.123 e. The van der Waals surface area contributed by atoms with E-state index in [0.717, 1.165) is 16.3 Å². The summed E-state index contributed by atoms with van der Waals surface area (Å²) in [5.74, 6) is 0.725. The van der Waals surface area contributed by atoms with Crippen LogP contribution in [0, 0.1) is 0 Å². The summed E-state index contributed by atoms with van der Waals surface area (Å²) < 4.78 is 0. The van der Waals surface area contributed by atoms with Gasteiger partial charge in [-0.1, -0.05) is 30.3 Å². The lowest BCUT2D eigenvalue weighted by Gasteiger charge is -2.04. The van der Waals surface area contributed by atoms with Crippen LogP contribution in [0.1, 0.15) is 5.56 Å². The molecule has 2 rings (SSSR count). The summed E-state index contributed by atoms with van der Waals surface area (Å²) in [7, 11) is 0. The lowest BCUT2D eigenvalue weighted by atomic mass is 10.0. The van der Waals surface area contributed by atoms with Crippen molar-refractivity contribution >= 4 is 22.4 Å². The van der Waals surface area contributed by atoms with E-state index in [-0.39, 0.29) is 0 Å². The molecular weight excluding hydrogens is 184 g/mol. The van der Waals surface area contributed by atoms with E-state index >= 15 is 0 Å². The minimum Gasteiger partial charge on any atom is -0.507 e. The Balaban J connectivity index is 2.87. The van der Waals surface area contributed by atoms with Gasteiger partial charge in [0.1, 0.15) is 5.75 Å². The zero-order valence-electron chi connectivity index (χ0n) is 7.00. The molecule has 0 radical (unpaired) electrons. The minimum atomic E-state index is 0.300. The molecule has 0 unspecified atom stereocenters. The summed E-state index contributed by atoms with van der Waals surface area (Å²) in [6.45, 7) is 0. The lowest BCUT2D eigenvalue weighted by Crippen LogP contribution is -1.81. The lowest BCUT2D eigenvalue weighted by molar-refractivity contribution is 0.481. The van der Waals surface area contributed by atoms with Crippen molar-refractivity contribution in [3.8, 4) is 5.75 Å². The average Bonchev–Trinajstić information content (AvgIpc) is 2.17. The fourth-order valence-electron chi connectivity index (χ4n) is 1.51. The van der Waals surface area contributed by atoms with Gasteiger partial charge >= 0.3 is 0 Å². The van der Waals surface area contributed by atoms with Crippen LogP contribution in [0.3, 0.4) is 0 Å². The Labute approximate surface area is 81.6 Å². The second kappa shape index (κ2) is 3.27. The van der Waals surface area contributed by atoms with Crippen LogP contribution in [-0.2, 0) is 5.88 Å². The number of rotatable bonds is 1. The highest BCUT2D eigenvalue weighted by Crippen LogP contribution is 2.28. The molecule has 0 saturated carbocycles. The molecule has 0 bridgehead atoms. The van der Waals surface area contributed by atoms with Gasteiger partial charge in [0, 0.05) is 11.3 Å². The topological polar surface area (TPSA) is 20.2 Å². The Kier molecular flexibility index (Phi) is 2.11. The number of halogens is 1. The molecule has 66 valence electrons. The molecule has 0 aliphatic heterocycles. The normalized spacial score (nSPS) is 10.5. The third-order valence-corrected chi connectivity index (χ3v) is 2.40. The standard InChI is InChI=1S/C11H9ClO/c12-7-9-5-1-3-8-4-2-6-10(13)11(8)9/h1-6,13H,7H2. The van der Waals surface area contributed by atoms with E-state index in [9.17, 15) is 5.11 Å². The number of phenols is 1. The predicted octanol–water partition coefficient (Wildman–Crippen LogP) is 3.28. The Hall–Kier alpha value is -1.21. The Morgan fingerprint density at radius 3 is 2.46 bits per heavy atom. The molecule has 1 N–H and O–H groups in total. The maximum absolute atomic E-state index is 9.62. The van der Waals surface area contributed by atoms with Crippen molar-refractivity contribution in [2.75, 3.05) is 0 Å². The number of benzene rings is 2. The van der Waals surface area contributed by atoms with E-state index in [2.05, 4.69) is 0 Å². The van der Waals surface area contributed by atoms with Gasteiger partial charge in [-0.25, -0.2) is 0 Å². The van der Waals surface area contributed by atoms with Gasteiger partial charge in [0.2, 0.25) is 0 Å². The first-order chi connectivity index (χ1) is 6.33. The highest BCUT2D eigenvalue weighted by atomic mass is 35.5.